The van der Waals surface area contributed by atoms with E-state index in [9.17, 15) is 9.59 Å². The zero-order valence-corrected chi connectivity index (χ0v) is 17.7. The molecule has 0 aliphatic heterocycles. The molecule has 0 unspecified atom stereocenters. The summed E-state index contributed by atoms with van der Waals surface area (Å²) in [4.78, 5) is 24.8. The maximum atomic E-state index is 12.2. The standard InChI is InChI=1S/C22H20N2O3S2/c1-14(25)16-9-6-10-17(12-16)23-22(28)24-20-19(21(26)27-2)13-18(29-20)11-15-7-4-3-5-8-15/h3-10,12-13H,11H2,1-2H3,(H2,23,24,28). The molecule has 1 aromatic heterocycles. The third-order valence-corrected chi connectivity index (χ3v) is 5.42. The molecule has 0 saturated heterocycles. The maximum absolute atomic E-state index is 12.2. The first-order valence-corrected chi connectivity index (χ1v) is 10.1. The number of carbonyl (C=O) groups excluding carboxylic acids is 2. The van der Waals surface area contributed by atoms with E-state index in [0.717, 1.165) is 10.4 Å². The number of thiophene rings is 1. The van der Waals surface area contributed by atoms with E-state index in [1.54, 1.807) is 18.2 Å². The maximum Gasteiger partial charge on any atom is 0.340 e. The molecule has 5 nitrogen and oxygen atoms in total. The van der Waals surface area contributed by atoms with E-state index in [1.165, 1.54) is 25.4 Å². The van der Waals surface area contributed by atoms with Crippen molar-refractivity contribution in [2.75, 3.05) is 17.7 Å². The van der Waals surface area contributed by atoms with Gasteiger partial charge in [-0.1, -0.05) is 42.5 Å². The molecule has 0 radical (unpaired) electrons. The van der Waals surface area contributed by atoms with Crippen LogP contribution in [0.1, 0.15) is 38.1 Å². The van der Waals surface area contributed by atoms with Gasteiger partial charge in [0, 0.05) is 22.5 Å². The fourth-order valence-corrected chi connectivity index (χ4v) is 4.13. The van der Waals surface area contributed by atoms with Crippen LogP contribution in [0.25, 0.3) is 0 Å². The topological polar surface area (TPSA) is 67.4 Å². The second-order valence-corrected chi connectivity index (χ2v) is 7.87. The van der Waals surface area contributed by atoms with E-state index in [-0.39, 0.29) is 5.78 Å². The molecule has 0 saturated carbocycles. The molecule has 29 heavy (non-hydrogen) atoms. The number of esters is 1. The Morgan fingerprint density at radius 1 is 1.03 bits per heavy atom. The quantitative estimate of drug-likeness (QED) is 0.325. The largest absolute Gasteiger partial charge is 0.465 e. The number of thiocarbonyl (C=S) groups is 1. The van der Waals surface area contributed by atoms with Gasteiger partial charge in [-0.15, -0.1) is 11.3 Å². The van der Waals surface area contributed by atoms with Gasteiger partial charge in [0.15, 0.2) is 10.9 Å². The minimum absolute atomic E-state index is 0.0238. The van der Waals surface area contributed by atoms with Crippen LogP contribution in [0.15, 0.2) is 60.7 Å². The van der Waals surface area contributed by atoms with Gasteiger partial charge in [0.05, 0.1) is 12.7 Å². The van der Waals surface area contributed by atoms with Gasteiger partial charge in [-0.05, 0) is 42.9 Å². The average Bonchev–Trinajstić information content (AvgIpc) is 3.10. The minimum Gasteiger partial charge on any atom is -0.465 e. The number of nitrogens with one attached hydrogen (secondary N) is 2. The lowest BCUT2D eigenvalue weighted by Gasteiger charge is -2.11. The molecule has 3 aromatic rings. The molecule has 3 rings (SSSR count). The van der Waals surface area contributed by atoms with E-state index >= 15 is 0 Å². The van der Waals surface area contributed by atoms with Crippen molar-refractivity contribution in [3.05, 3.63) is 82.2 Å². The number of ketones is 1. The molecular weight excluding hydrogens is 404 g/mol. The molecule has 7 heteroatoms. The van der Waals surface area contributed by atoms with Crippen LogP contribution in [0.4, 0.5) is 10.7 Å². The molecule has 0 aliphatic rings. The monoisotopic (exact) mass is 424 g/mol. The Kier molecular flexibility index (Phi) is 6.74. The smallest absolute Gasteiger partial charge is 0.340 e. The molecule has 0 spiro atoms. The summed E-state index contributed by atoms with van der Waals surface area (Å²) >= 11 is 6.85. The molecule has 0 amide bonds. The number of anilines is 2. The molecule has 0 aliphatic carbocycles. The summed E-state index contributed by atoms with van der Waals surface area (Å²) in [6, 6.07) is 18.9. The molecular formula is C22H20N2O3S2. The Morgan fingerprint density at radius 2 is 1.79 bits per heavy atom. The van der Waals surface area contributed by atoms with Crippen LogP contribution in [-0.4, -0.2) is 24.0 Å². The number of hydrogen-bond donors (Lipinski definition) is 2. The Balaban J connectivity index is 1.78. The molecule has 2 aromatic carbocycles. The number of carbonyl (C=O) groups is 2. The van der Waals surface area contributed by atoms with Crippen molar-refractivity contribution in [2.45, 2.75) is 13.3 Å². The minimum atomic E-state index is -0.426. The lowest BCUT2D eigenvalue weighted by molar-refractivity contribution is 0.0602. The van der Waals surface area contributed by atoms with E-state index in [2.05, 4.69) is 10.6 Å². The fourth-order valence-electron chi connectivity index (χ4n) is 2.76. The van der Waals surface area contributed by atoms with Crippen LogP contribution < -0.4 is 10.6 Å². The summed E-state index contributed by atoms with van der Waals surface area (Å²) in [6.07, 6.45) is 0.706. The van der Waals surface area contributed by atoms with Gasteiger partial charge in [0.25, 0.3) is 0 Å². The molecule has 0 fully saturated rings. The van der Waals surface area contributed by atoms with Gasteiger partial charge in [0.1, 0.15) is 5.00 Å². The predicted octanol–water partition coefficient (Wildman–Crippen LogP) is 5.14. The summed E-state index contributed by atoms with van der Waals surface area (Å²) < 4.78 is 4.91. The summed E-state index contributed by atoms with van der Waals surface area (Å²) in [5, 5.41) is 7.07. The van der Waals surface area contributed by atoms with E-state index < -0.39 is 5.97 Å². The summed E-state index contributed by atoms with van der Waals surface area (Å²) in [6.45, 7) is 1.51. The zero-order chi connectivity index (χ0) is 20.8. The lowest BCUT2D eigenvalue weighted by atomic mass is 10.1. The van der Waals surface area contributed by atoms with Gasteiger partial charge in [0.2, 0.25) is 0 Å². The highest BCUT2D eigenvalue weighted by Gasteiger charge is 2.18. The van der Waals surface area contributed by atoms with Crippen molar-refractivity contribution in [2.24, 2.45) is 0 Å². The van der Waals surface area contributed by atoms with Crippen LogP contribution in [0.3, 0.4) is 0 Å². The number of rotatable bonds is 6. The summed E-state index contributed by atoms with van der Waals surface area (Å²) in [5.74, 6) is -0.450. The van der Waals surface area contributed by atoms with Crippen molar-refractivity contribution in [1.82, 2.24) is 0 Å². The number of methoxy groups -OCH3 is 1. The fraction of sp³-hybridized carbons (Fsp3) is 0.136. The third kappa shape index (κ3) is 5.49. The molecule has 0 atom stereocenters. The molecule has 0 bridgehead atoms. The Bertz CT molecular complexity index is 1050. The number of hydrogen-bond acceptors (Lipinski definition) is 5. The highest BCUT2D eigenvalue weighted by Crippen LogP contribution is 2.30. The van der Waals surface area contributed by atoms with Crippen molar-refractivity contribution in [3.63, 3.8) is 0 Å². The first kappa shape index (κ1) is 20.7. The lowest BCUT2D eigenvalue weighted by Crippen LogP contribution is -2.20. The second kappa shape index (κ2) is 9.45. The van der Waals surface area contributed by atoms with Crippen LogP contribution in [0, 0.1) is 0 Å². The van der Waals surface area contributed by atoms with Gasteiger partial charge >= 0.3 is 5.97 Å². The summed E-state index contributed by atoms with van der Waals surface area (Å²) in [5.41, 5.74) is 2.87. The predicted molar refractivity (Wildman–Crippen MR) is 121 cm³/mol. The average molecular weight is 425 g/mol. The van der Waals surface area contributed by atoms with Crippen LogP contribution in [0.2, 0.25) is 0 Å². The SMILES string of the molecule is COC(=O)c1cc(Cc2ccccc2)sc1NC(=S)Nc1cccc(C(C)=O)c1. The molecule has 1 heterocycles. The van der Waals surface area contributed by atoms with Crippen molar-refractivity contribution in [1.29, 1.82) is 0 Å². The van der Waals surface area contributed by atoms with Crippen LogP contribution in [-0.2, 0) is 11.2 Å². The highest BCUT2D eigenvalue weighted by atomic mass is 32.1. The second-order valence-electron chi connectivity index (χ2n) is 6.33. The van der Waals surface area contributed by atoms with Gasteiger partial charge in [-0.25, -0.2) is 4.79 Å². The van der Waals surface area contributed by atoms with Crippen molar-refractivity contribution >= 4 is 51.1 Å². The normalized spacial score (nSPS) is 10.3. The zero-order valence-electron chi connectivity index (χ0n) is 16.0. The van der Waals surface area contributed by atoms with Crippen LogP contribution >= 0.6 is 23.6 Å². The Morgan fingerprint density at radius 3 is 2.48 bits per heavy atom. The molecule has 148 valence electrons. The van der Waals surface area contributed by atoms with E-state index in [0.29, 0.717) is 33.3 Å². The van der Waals surface area contributed by atoms with Gasteiger partial charge in [-0.2, -0.15) is 0 Å². The van der Waals surface area contributed by atoms with Crippen molar-refractivity contribution in [3.8, 4) is 0 Å². The Hall–Kier alpha value is -3.03. The van der Waals surface area contributed by atoms with Gasteiger partial charge in [-0.3, -0.25) is 4.79 Å². The Labute approximate surface area is 178 Å². The van der Waals surface area contributed by atoms with Crippen LogP contribution in [0.5, 0.6) is 0 Å². The third-order valence-electron chi connectivity index (χ3n) is 4.16. The van der Waals surface area contributed by atoms with Crippen molar-refractivity contribution < 1.29 is 14.3 Å². The number of benzene rings is 2. The van der Waals surface area contributed by atoms with E-state index in [4.69, 9.17) is 17.0 Å². The van der Waals surface area contributed by atoms with Gasteiger partial charge < -0.3 is 15.4 Å². The highest BCUT2D eigenvalue weighted by molar-refractivity contribution is 7.80. The number of ether oxygens (including phenoxy) is 1. The van der Waals surface area contributed by atoms with E-state index in [1.807, 2.05) is 42.5 Å². The first-order valence-electron chi connectivity index (χ1n) is 8.90. The molecule has 2 N–H and O–H groups in total. The summed E-state index contributed by atoms with van der Waals surface area (Å²) in [7, 11) is 1.35. The first-order chi connectivity index (χ1) is 14.0. The number of Topliss-reactive ketones (excluding diaryl/α,β-unsaturated/α-hetero) is 1.